The topological polar surface area (TPSA) is 103 Å². The molecular weight excluding hydrogens is 290 g/mol. The molecule has 0 unspecified atom stereocenters. The Morgan fingerprint density at radius 1 is 1.48 bits per heavy atom. The quantitative estimate of drug-likeness (QED) is 0.565. The first-order valence-electron chi connectivity index (χ1n) is 6.49. The number of anilines is 1. The van der Waals surface area contributed by atoms with Crippen LogP contribution < -0.4 is 11.4 Å². The summed E-state index contributed by atoms with van der Waals surface area (Å²) in [5, 5.41) is 7.10. The van der Waals surface area contributed by atoms with Crippen LogP contribution in [0.4, 0.5) is 5.69 Å². The third-order valence-corrected chi connectivity index (χ3v) is 3.91. The maximum atomic E-state index is 11.6. The lowest BCUT2D eigenvalue weighted by Gasteiger charge is -2.07. The van der Waals surface area contributed by atoms with Crippen molar-refractivity contribution in [2.45, 2.75) is 30.8 Å². The van der Waals surface area contributed by atoms with E-state index in [4.69, 9.17) is 10.2 Å². The summed E-state index contributed by atoms with van der Waals surface area (Å²) in [5.41, 5.74) is 7.58. The number of thioether (sulfide) groups is 1. The molecule has 0 atom stereocenters. The maximum Gasteiger partial charge on any atom is 0.344 e. The molecule has 0 fully saturated rings. The van der Waals surface area contributed by atoms with Crippen molar-refractivity contribution in [1.29, 1.82) is 0 Å². The standard InChI is InChI=1S/C13H15N5O2S/c1-7(2)18-12(19)16-17-13(18)21-6-11-15-9-5-8(14)3-4-10(9)20-11/h3-5,7H,6,14H2,1-2H3,(H,16,19). The molecule has 0 saturated heterocycles. The van der Waals surface area contributed by atoms with E-state index >= 15 is 0 Å². The highest BCUT2D eigenvalue weighted by Crippen LogP contribution is 2.24. The number of nitrogens with two attached hydrogens (primary N) is 1. The van der Waals surface area contributed by atoms with Crippen LogP contribution in [0.1, 0.15) is 25.8 Å². The molecule has 3 aromatic rings. The predicted molar refractivity (Wildman–Crippen MR) is 81.2 cm³/mol. The van der Waals surface area contributed by atoms with Gasteiger partial charge in [-0.3, -0.25) is 4.57 Å². The molecule has 0 radical (unpaired) electrons. The zero-order valence-electron chi connectivity index (χ0n) is 11.7. The van der Waals surface area contributed by atoms with Gasteiger partial charge in [-0.2, -0.15) is 0 Å². The molecule has 0 aliphatic rings. The van der Waals surface area contributed by atoms with Gasteiger partial charge in [-0.25, -0.2) is 14.9 Å². The maximum absolute atomic E-state index is 11.6. The van der Waals surface area contributed by atoms with Gasteiger partial charge in [0.25, 0.3) is 0 Å². The first kappa shape index (κ1) is 13.7. The number of aromatic amines is 1. The number of hydrogen-bond acceptors (Lipinski definition) is 6. The average Bonchev–Trinajstić information content (AvgIpc) is 2.98. The fourth-order valence-electron chi connectivity index (χ4n) is 2.03. The number of fused-ring (bicyclic) bond motifs is 1. The zero-order valence-corrected chi connectivity index (χ0v) is 12.5. The number of nitrogens with zero attached hydrogens (tertiary/aromatic N) is 3. The molecule has 0 saturated carbocycles. The number of nitrogen functional groups attached to an aromatic ring is 1. The van der Waals surface area contributed by atoms with E-state index in [1.54, 1.807) is 22.8 Å². The predicted octanol–water partition coefficient (Wildman–Crippen LogP) is 2.17. The second kappa shape index (κ2) is 5.28. The van der Waals surface area contributed by atoms with Gasteiger partial charge in [-0.15, -0.1) is 5.10 Å². The van der Waals surface area contributed by atoms with Crippen LogP contribution in [0.3, 0.4) is 0 Å². The Morgan fingerprint density at radius 2 is 2.29 bits per heavy atom. The molecule has 2 aromatic heterocycles. The highest BCUT2D eigenvalue weighted by molar-refractivity contribution is 7.98. The highest BCUT2D eigenvalue weighted by atomic mass is 32.2. The minimum atomic E-state index is -0.210. The van der Waals surface area contributed by atoms with Crippen molar-refractivity contribution < 1.29 is 4.42 Å². The molecular formula is C13H15N5O2S. The molecule has 8 heteroatoms. The highest BCUT2D eigenvalue weighted by Gasteiger charge is 2.14. The molecule has 0 spiro atoms. The number of aromatic nitrogens is 4. The lowest BCUT2D eigenvalue weighted by molar-refractivity contribution is 0.531. The number of hydrogen-bond donors (Lipinski definition) is 2. The monoisotopic (exact) mass is 305 g/mol. The van der Waals surface area contributed by atoms with Gasteiger partial charge < -0.3 is 10.2 Å². The second-order valence-corrected chi connectivity index (χ2v) is 5.84. The smallest absolute Gasteiger partial charge is 0.344 e. The van der Waals surface area contributed by atoms with Gasteiger partial charge >= 0.3 is 5.69 Å². The van der Waals surface area contributed by atoms with Crippen LogP contribution in [0, 0.1) is 0 Å². The largest absolute Gasteiger partial charge is 0.440 e. The molecule has 0 bridgehead atoms. The Kier molecular flexibility index (Phi) is 3.46. The van der Waals surface area contributed by atoms with Crippen LogP contribution in [-0.2, 0) is 5.75 Å². The van der Waals surface area contributed by atoms with Crippen molar-refractivity contribution in [3.63, 3.8) is 0 Å². The van der Waals surface area contributed by atoms with Crippen molar-refractivity contribution in [1.82, 2.24) is 19.7 Å². The van der Waals surface area contributed by atoms with E-state index in [0.717, 1.165) is 5.52 Å². The lowest BCUT2D eigenvalue weighted by atomic mass is 10.3. The van der Waals surface area contributed by atoms with E-state index in [1.807, 2.05) is 13.8 Å². The van der Waals surface area contributed by atoms with Crippen molar-refractivity contribution >= 4 is 28.5 Å². The number of oxazole rings is 1. The summed E-state index contributed by atoms with van der Waals surface area (Å²) in [6.07, 6.45) is 0. The molecule has 2 heterocycles. The number of H-pyrrole nitrogens is 1. The average molecular weight is 305 g/mol. The van der Waals surface area contributed by atoms with Gasteiger partial charge in [0, 0.05) is 11.7 Å². The van der Waals surface area contributed by atoms with Crippen LogP contribution in [-0.4, -0.2) is 19.7 Å². The fraction of sp³-hybridized carbons (Fsp3) is 0.308. The molecule has 7 nitrogen and oxygen atoms in total. The summed E-state index contributed by atoms with van der Waals surface area (Å²) in [6.45, 7) is 3.87. The molecule has 1 aromatic carbocycles. The second-order valence-electron chi connectivity index (χ2n) is 4.90. The molecule has 3 rings (SSSR count). The molecule has 3 N–H and O–H groups in total. The van der Waals surface area contributed by atoms with Crippen molar-refractivity contribution in [2.24, 2.45) is 0 Å². The van der Waals surface area contributed by atoms with E-state index < -0.39 is 0 Å². The summed E-state index contributed by atoms with van der Waals surface area (Å²) in [5.74, 6) is 1.07. The first-order chi connectivity index (χ1) is 10.0. The normalized spacial score (nSPS) is 11.6. The van der Waals surface area contributed by atoms with Crippen molar-refractivity contribution in [3.8, 4) is 0 Å². The van der Waals surface area contributed by atoms with Crippen LogP contribution in [0.15, 0.2) is 32.6 Å². The van der Waals surface area contributed by atoms with E-state index in [1.165, 1.54) is 11.8 Å². The Hall–Kier alpha value is -2.22. The minimum absolute atomic E-state index is 0.0437. The molecule has 0 aliphatic heterocycles. The lowest BCUT2D eigenvalue weighted by Crippen LogP contribution is -2.19. The summed E-state index contributed by atoms with van der Waals surface area (Å²) in [6, 6.07) is 5.38. The number of benzene rings is 1. The van der Waals surface area contributed by atoms with Gasteiger partial charge in [-0.05, 0) is 32.0 Å². The molecule has 0 aliphatic carbocycles. The number of rotatable bonds is 4. The van der Waals surface area contributed by atoms with Gasteiger partial charge in [0.1, 0.15) is 5.52 Å². The Balaban J connectivity index is 1.82. The fourth-order valence-corrected chi connectivity index (χ4v) is 2.95. The number of nitrogens with one attached hydrogen (secondary N) is 1. The SMILES string of the molecule is CC(C)n1c(SCc2nc3cc(N)ccc3o2)n[nH]c1=O. The first-order valence-corrected chi connectivity index (χ1v) is 7.48. The van der Waals surface area contributed by atoms with E-state index in [9.17, 15) is 4.79 Å². The van der Waals surface area contributed by atoms with Crippen LogP contribution >= 0.6 is 11.8 Å². The van der Waals surface area contributed by atoms with E-state index in [-0.39, 0.29) is 11.7 Å². The Morgan fingerprint density at radius 3 is 3.05 bits per heavy atom. The van der Waals surface area contributed by atoms with Crippen molar-refractivity contribution in [2.75, 3.05) is 5.73 Å². The molecule has 110 valence electrons. The van der Waals surface area contributed by atoms with E-state index in [0.29, 0.717) is 28.1 Å². The van der Waals surface area contributed by atoms with Crippen molar-refractivity contribution in [3.05, 3.63) is 34.6 Å². The Bertz CT molecular complexity index is 833. The van der Waals surface area contributed by atoms with Crippen LogP contribution in [0.5, 0.6) is 0 Å². The third kappa shape index (κ3) is 2.66. The van der Waals surface area contributed by atoms with Gasteiger partial charge in [0.15, 0.2) is 10.7 Å². The van der Waals surface area contributed by atoms with Crippen LogP contribution in [0.2, 0.25) is 0 Å². The zero-order chi connectivity index (χ0) is 15.0. The molecule has 21 heavy (non-hydrogen) atoms. The summed E-state index contributed by atoms with van der Waals surface area (Å²) >= 11 is 1.40. The van der Waals surface area contributed by atoms with Gasteiger partial charge in [-0.1, -0.05) is 11.8 Å². The van der Waals surface area contributed by atoms with E-state index in [2.05, 4.69) is 15.2 Å². The van der Waals surface area contributed by atoms with Crippen LogP contribution in [0.25, 0.3) is 11.1 Å². The van der Waals surface area contributed by atoms with Gasteiger partial charge in [0.2, 0.25) is 5.89 Å². The summed E-state index contributed by atoms with van der Waals surface area (Å²) in [4.78, 5) is 16.0. The van der Waals surface area contributed by atoms with Gasteiger partial charge in [0.05, 0.1) is 5.75 Å². The summed E-state index contributed by atoms with van der Waals surface area (Å²) < 4.78 is 7.24. The minimum Gasteiger partial charge on any atom is -0.440 e. The third-order valence-electron chi connectivity index (χ3n) is 2.97. The Labute approximate surface area is 124 Å². The summed E-state index contributed by atoms with van der Waals surface area (Å²) in [7, 11) is 0. The molecule has 0 amide bonds.